The summed E-state index contributed by atoms with van der Waals surface area (Å²) in [6.07, 6.45) is 4.55. The quantitative estimate of drug-likeness (QED) is 0.811. The van der Waals surface area contributed by atoms with Crippen LogP contribution in [0.1, 0.15) is 25.8 Å². The SMILES string of the molecule is CC/C=C(/C)C(=O)NCc1ccnc(N(C)C)c1. The fourth-order valence-electron chi connectivity index (χ4n) is 1.54. The van der Waals surface area contributed by atoms with Crippen LogP contribution < -0.4 is 10.2 Å². The first-order valence-corrected chi connectivity index (χ1v) is 6.11. The lowest BCUT2D eigenvalue weighted by molar-refractivity contribution is -0.117. The highest BCUT2D eigenvalue weighted by Gasteiger charge is 2.04. The highest BCUT2D eigenvalue weighted by atomic mass is 16.1. The van der Waals surface area contributed by atoms with Crippen LogP contribution in [-0.4, -0.2) is 25.0 Å². The van der Waals surface area contributed by atoms with Gasteiger partial charge in [0, 0.05) is 32.4 Å². The summed E-state index contributed by atoms with van der Waals surface area (Å²) >= 11 is 0. The molecule has 4 heteroatoms. The Hall–Kier alpha value is -1.84. The topological polar surface area (TPSA) is 45.2 Å². The molecule has 0 aliphatic rings. The van der Waals surface area contributed by atoms with E-state index >= 15 is 0 Å². The number of anilines is 1. The number of allylic oxidation sites excluding steroid dienone is 1. The van der Waals surface area contributed by atoms with Crippen molar-refractivity contribution in [3.8, 4) is 0 Å². The molecule has 0 saturated carbocycles. The first-order chi connectivity index (χ1) is 8.54. The summed E-state index contributed by atoms with van der Waals surface area (Å²) in [6, 6.07) is 3.88. The third-order valence-electron chi connectivity index (χ3n) is 2.59. The van der Waals surface area contributed by atoms with Crippen LogP contribution in [0.25, 0.3) is 0 Å². The lowest BCUT2D eigenvalue weighted by atomic mass is 10.2. The molecule has 0 aliphatic heterocycles. The monoisotopic (exact) mass is 247 g/mol. The molecule has 4 nitrogen and oxygen atoms in total. The molecule has 18 heavy (non-hydrogen) atoms. The predicted octanol–water partition coefficient (Wildman–Crippen LogP) is 2.12. The van der Waals surface area contributed by atoms with Crippen LogP contribution in [0.5, 0.6) is 0 Å². The van der Waals surface area contributed by atoms with E-state index in [4.69, 9.17) is 0 Å². The summed E-state index contributed by atoms with van der Waals surface area (Å²) in [5.41, 5.74) is 1.81. The lowest BCUT2D eigenvalue weighted by Gasteiger charge is -2.12. The number of carbonyl (C=O) groups excluding carboxylic acids is 1. The molecule has 0 radical (unpaired) electrons. The van der Waals surface area contributed by atoms with Crippen molar-refractivity contribution in [2.75, 3.05) is 19.0 Å². The van der Waals surface area contributed by atoms with Crippen LogP contribution in [0, 0.1) is 0 Å². The average Bonchev–Trinajstić information content (AvgIpc) is 2.36. The number of carbonyl (C=O) groups is 1. The van der Waals surface area contributed by atoms with E-state index in [1.54, 1.807) is 6.20 Å². The summed E-state index contributed by atoms with van der Waals surface area (Å²) in [6.45, 7) is 4.37. The molecular formula is C14H21N3O. The largest absolute Gasteiger partial charge is 0.363 e. The minimum absolute atomic E-state index is 0.0138. The van der Waals surface area contributed by atoms with Crippen molar-refractivity contribution in [1.29, 1.82) is 0 Å². The Morgan fingerprint density at radius 3 is 2.83 bits per heavy atom. The Balaban J connectivity index is 2.61. The second kappa shape index (κ2) is 6.79. The van der Waals surface area contributed by atoms with Gasteiger partial charge in [-0.05, 0) is 31.0 Å². The minimum Gasteiger partial charge on any atom is -0.363 e. The highest BCUT2D eigenvalue weighted by Crippen LogP contribution is 2.09. The summed E-state index contributed by atoms with van der Waals surface area (Å²) in [5.74, 6) is 0.877. The maximum Gasteiger partial charge on any atom is 0.246 e. The van der Waals surface area contributed by atoms with Crippen molar-refractivity contribution in [2.24, 2.45) is 0 Å². The average molecular weight is 247 g/mol. The number of hydrogen-bond acceptors (Lipinski definition) is 3. The maximum atomic E-state index is 11.7. The van der Waals surface area contributed by atoms with Crippen LogP contribution in [0.2, 0.25) is 0 Å². The van der Waals surface area contributed by atoms with Gasteiger partial charge in [-0.25, -0.2) is 4.98 Å². The molecule has 1 heterocycles. The highest BCUT2D eigenvalue weighted by molar-refractivity contribution is 5.92. The summed E-state index contributed by atoms with van der Waals surface area (Å²) in [4.78, 5) is 17.9. The smallest absolute Gasteiger partial charge is 0.246 e. The molecule has 0 unspecified atom stereocenters. The molecule has 0 aliphatic carbocycles. The van der Waals surface area contributed by atoms with Gasteiger partial charge in [-0.2, -0.15) is 0 Å². The number of nitrogens with zero attached hydrogens (tertiary/aromatic N) is 2. The Morgan fingerprint density at radius 2 is 2.22 bits per heavy atom. The normalized spacial score (nSPS) is 11.2. The molecule has 98 valence electrons. The van der Waals surface area contributed by atoms with E-state index in [1.807, 2.05) is 51.1 Å². The fraction of sp³-hybridized carbons (Fsp3) is 0.429. The third-order valence-corrected chi connectivity index (χ3v) is 2.59. The Bertz CT molecular complexity index is 438. The van der Waals surface area contributed by atoms with Crippen molar-refractivity contribution < 1.29 is 4.79 Å². The van der Waals surface area contributed by atoms with Crippen molar-refractivity contribution in [1.82, 2.24) is 10.3 Å². The van der Waals surface area contributed by atoms with Crippen LogP contribution >= 0.6 is 0 Å². The summed E-state index contributed by atoms with van der Waals surface area (Å²) < 4.78 is 0. The molecular weight excluding hydrogens is 226 g/mol. The van der Waals surface area contributed by atoms with Gasteiger partial charge < -0.3 is 10.2 Å². The molecule has 0 spiro atoms. The Morgan fingerprint density at radius 1 is 1.50 bits per heavy atom. The molecule has 1 rings (SSSR count). The first kappa shape index (κ1) is 14.2. The number of rotatable bonds is 5. The van der Waals surface area contributed by atoms with E-state index in [0.717, 1.165) is 23.4 Å². The molecule has 0 fully saturated rings. The van der Waals surface area contributed by atoms with Gasteiger partial charge in [0.15, 0.2) is 0 Å². The standard InChI is InChI=1S/C14H21N3O/c1-5-6-11(2)14(18)16-10-12-7-8-15-13(9-12)17(3)4/h6-9H,5,10H2,1-4H3,(H,16,18)/b11-6-. The molecule has 1 aromatic rings. The van der Waals surface area contributed by atoms with Gasteiger partial charge in [-0.15, -0.1) is 0 Å². The van der Waals surface area contributed by atoms with Gasteiger partial charge in [0.1, 0.15) is 5.82 Å². The number of aromatic nitrogens is 1. The molecule has 1 amide bonds. The van der Waals surface area contributed by atoms with Crippen molar-refractivity contribution >= 4 is 11.7 Å². The molecule has 1 aromatic heterocycles. The second-order valence-electron chi connectivity index (χ2n) is 4.39. The fourth-order valence-corrected chi connectivity index (χ4v) is 1.54. The zero-order chi connectivity index (χ0) is 13.5. The predicted molar refractivity (Wildman–Crippen MR) is 74.5 cm³/mol. The van der Waals surface area contributed by atoms with E-state index in [9.17, 15) is 4.79 Å². The molecule has 0 aromatic carbocycles. The zero-order valence-electron chi connectivity index (χ0n) is 11.5. The minimum atomic E-state index is -0.0138. The van der Waals surface area contributed by atoms with E-state index in [1.165, 1.54) is 0 Å². The van der Waals surface area contributed by atoms with Crippen molar-refractivity contribution in [2.45, 2.75) is 26.8 Å². The number of amides is 1. The first-order valence-electron chi connectivity index (χ1n) is 6.11. The zero-order valence-corrected chi connectivity index (χ0v) is 11.5. The van der Waals surface area contributed by atoms with Crippen molar-refractivity contribution in [3.05, 3.63) is 35.5 Å². The van der Waals surface area contributed by atoms with Gasteiger partial charge in [-0.3, -0.25) is 4.79 Å². The molecule has 0 bridgehead atoms. The van der Waals surface area contributed by atoms with Gasteiger partial charge in [0.05, 0.1) is 0 Å². The molecule has 0 atom stereocenters. The number of hydrogen-bond donors (Lipinski definition) is 1. The van der Waals surface area contributed by atoms with Gasteiger partial charge in [0.25, 0.3) is 0 Å². The van der Waals surface area contributed by atoms with Crippen LogP contribution in [-0.2, 0) is 11.3 Å². The van der Waals surface area contributed by atoms with Crippen LogP contribution in [0.3, 0.4) is 0 Å². The molecule has 0 saturated heterocycles. The van der Waals surface area contributed by atoms with Crippen molar-refractivity contribution in [3.63, 3.8) is 0 Å². The number of pyridine rings is 1. The second-order valence-corrected chi connectivity index (χ2v) is 4.39. The van der Waals surface area contributed by atoms with E-state index in [2.05, 4.69) is 10.3 Å². The Kier molecular flexibility index (Phi) is 5.36. The van der Waals surface area contributed by atoms with Gasteiger partial charge in [0.2, 0.25) is 5.91 Å². The summed E-state index contributed by atoms with van der Waals surface area (Å²) in [5, 5.41) is 2.90. The maximum absolute atomic E-state index is 11.7. The summed E-state index contributed by atoms with van der Waals surface area (Å²) in [7, 11) is 3.89. The third kappa shape index (κ3) is 4.20. The Labute approximate surface area is 109 Å². The van der Waals surface area contributed by atoms with Crippen LogP contribution in [0.15, 0.2) is 30.0 Å². The van der Waals surface area contributed by atoms with Gasteiger partial charge >= 0.3 is 0 Å². The molecule has 1 N–H and O–H groups in total. The van der Waals surface area contributed by atoms with E-state index < -0.39 is 0 Å². The van der Waals surface area contributed by atoms with E-state index in [0.29, 0.717) is 6.54 Å². The van der Waals surface area contributed by atoms with E-state index in [-0.39, 0.29) is 5.91 Å². The number of nitrogens with one attached hydrogen (secondary N) is 1. The lowest BCUT2D eigenvalue weighted by Crippen LogP contribution is -2.23. The van der Waals surface area contributed by atoms with Gasteiger partial charge in [-0.1, -0.05) is 13.0 Å². The van der Waals surface area contributed by atoms with Crippen LogP contribution in [0.4, 0.5) is 5.82 Å².